The third-order valence-corrected chi connectivity index (χ3v) is 4.65. The summed E-state index contributed by atoms with van der Waals surface area (Å²) in [6.45, 7) is 0.649. The molecule has 0 saturated carbocycles. The van der Waals surface area contributed by atoms with Crippen molar-refractivity contribution in [1.29, 1.82) is 0 Å². The van der Waals surface area contributed by atoms with E-state index in [2.05, 4.69) is 27.8 Å². The standard InChI is InChI=1S/C23H21N5O/c24-20-12-11-19(18-9-5-2-6-10-18)15-21(20)25-23(29)22-16-28(27-26-22)14-13-17-7-3-1-4-8-17/h1-12,15-16H,13-14,24H2,(H,25,29). The number of aryl methyl sites for hydroxylation is 2. The predicted octanol–water partition coefficient (Wildman–Crippen LogP) is 4.02. The van der Waals surface area contributed by atoms with E-state index in [1.54, 1.807) is 16.9 Å². The van der Waals surface area contributed by atoms with Crippen LogP contribution >= 0.6 is 0 Å². The number of aromatic nitrogens is 3. The van der Waals surface area contributed by atoms with Gasteiger partial charge in [0.1, 0.15) is 0 Å². The molecule has 0 aliphatic carbocycles. The number of nitrogens with two attached hydrogens (primary N) is 1. The van der Waals surface area contributed by atoms with Crippen LogP contribution in [-0.2, 0) is 13.0 Å². The van der Waals surface area contributed by atoms with Crippen LogP contribution in [0.25, 0.3) is 11.1 Å². The molecule has 0 fully saturated rings. The maximum absolute atomic E-state index is 12.6. The minimum absolute atomic E-state index is 0.252. The normalized spacial score (nSPS) is 10.6. The third kappa shape index (κ3) is 4.50. The molecule has 0 saturated heterocycles. The average Bonchev–Trinajstić information content (AvgIpc) is 3.24. The smallest absolute Gasteiger partial charge is 0.277 e. The fourth-order valence-electron chi connectivity index (χ4n) is 3.06. The lowest BCUT2D eigenvalue weighted by Crippen LogP contribution is -2.14. The van der Waals surface area contributed by atoms with E-state index in [1.165, 1.54) is 5.56 Å². The van der Waals surface area contributed by atoms with Gasteiger partial charge in [0, 0.05) is 6.54 Å². The van der Waals surface area contributed by atoms with E-state index in [1.807, 2.05) is 60.7 Å². The van der Waals surface area contributed by atoms with Gasteiger partial charge in [0.2, 0.25) is 0 Å². The largest absolute Gasteiger partial charge is 0.397 e. The van der Waals surface area contributed by atoms with Crippen molar-refractivity contribution in [2.75, 3.05) is 11.1 Å². The molecule has 3 aromatic carbocycles. The Morgan fingerprint density at radius 3 is 2.41 bits per heavy atom. The topological polar surface area (TPSA) is 85.8 Å². The van der Waals surface area contributed by atoms with Gasteiger partial charge in [-0.3, -0.25) is 9.48 Å². The van der Waals surface area contributed by atoms with Gasteiger partial charge in [0.25, 0.3) is 5.91 Å². The molecule has 0 aliphatic rings. The Morgan fingerprint density at radius 1 is 0.931 bits per heavy atom. The van der Waals surface area contributed by atoms with E-state index in [0.29, 0.717) is 17.9 Å². The second-order valence-corrected chi connectivity index (χ2v) is 6.72. The van der Waals surface area contributed by atoms with Crippen molar-refractivity contribution in [3.8, 4) is 11.1 Å². The molecule has 29 heavy (non-hydrogen) atoms. The summed E-state index contributed by atoms with van der Waals surface area (Å²) in [6, 6.07) is 25.6. The van der Waals surface area contributed by atoms with Crippen LogP contribution in [0.2, 0.25) is 0 Å². The number of nitrogens with one attached hydrogen (secondary N) is 1. The van der Waals surface area contributed by atoms with E-state index in [9.17, 15) is 4.79 Å². The highest BCUT2D eigenvalue weighted by atomic mass is 16.2. The summed E-state index contributed by atoms with van der Waals surface area (Å²) in [6.07, 6.45) is 2.47. The minimum Gasteiger partial charge on any atom is -0.397 e. The number of carbonyl (C=O) groups excluding carboxylic acids is 1. The molecule has 0 spiro atoms. The Hall–Kier alpha value is -3.93. The molecule has 6 heteroatoms. The Bertz CT molecular complexity index is 1110. The highest BCUT2D eigenvalue weighted by Crippen LogP contribution is 2.27. The third-order valence-electron chi connectivity index (χ3n) is 4.65. The number of hydrogen-bond donors (Lipinski definition) is 2. The van der Waals surface area contributed by atoms with E-state index in [0.717, 1.165) is 17.5 Å². The van der Waals surface area contributed by atoms with Gasteiger partial charge in [-0.05, 0) is 35.2 Å². The van der Waals surface area contributed by atoms with Crippen LogP contribution in [0.3, 0.4) is 0 Å². The van der Waals surface area contributed by atoms with E-state index in [-0.39, 0.29) is 11.6 Å². The van der Waals surface area contributed by atoms with Gasteiger partial charge in [0.15, 0.2) is 5.69 Å². The number of nitrogens with zero attached hydrogens (tertiary/aromatic N) is 3. The molecular weight excluding hydrogens is 362 g/mol. The molecule has 1 heterocycles. The summed E-state index contributed by atoms with van der Waals surface area (Å²) in [5.41, 5.74) is 10.6. The molecule has 0 aliphatic heterocycles. The Kier molecular flexibility index (Phi) is 5.33. The van der Waals surface area contributed by atoms with Gasteiger partial charge in [-0.1, -0.05) is 71.9 Å². The van der Waals surface area contributed by atoms with Crippen molar-refractivity contribution >= 4 is 17.3 Å². The number of rotatable bonds is 6. The van der Waals surface area contributed by atoms with Crippen LogP contribution in [0.5, 0.6) is 0 Å². The van der Waals surface area contributed by atoms with Crippen LogP contribution in [0.1, 0.15) is 16.1 Å². The molecule has 1 aromatic heterocycles. The van der Waals surface area contributed by atoms with Crippen molar-refractivity contribution in [3.05, 3.63) is 96.3 Å². The summed E-state index contributed by atoms with van der Waals surface area (Å²) in [4.78, 5) is 12.6. The molecular formula is C23H21N5O. The van der Waals surface area contributed by atoms with Crippen LogP contribution in [0.4, 0.5) is 11.4 Å². The zero-order chi connectivity index (χ0) is 20.1. The summed E-state index contributed by atoms with van der Waals surface area (Å²) in [5, 5.41) is 10.9. The first-order valence-corrected chi connectivity index (χ1v) is 9.39. The SMILES string of the molecule is Nc1ccc(-c2ccccc2)cc1NC(=O)c1cn(CCc2ccccc2)nn1. The van der Waals surface area contributed by atoms with Crippen molar-refractivity contribution in [1.82, 2.24) is 15.0 Å². The minimum atomic E-state index is -0.340. The number of amides is 1. The van der Waals surface area contributed by atoms with Crippen LogP contribution in [-0.4, -0.2) is 20.9 Å². The van der Waals surface area contributed by atoms with Crippen LogP contribution in [0.15, 0.2) is 85.1 Å². The van der Waals surface area contributed by atoms with Gasteiger partial charge in [-0.2, -0.15) is 0 Å². The Balaban J connectivity index is 1.45. The quantitative estimate of drug-likeness (QED) is 0.492. The van der Waals surface area contributed by atoms with Crippen molar-refractivity contribution in [2.45, 2.75) is 13.0 Å². The summed E-state index contributed by atoms with van der Waals surface area (Å²) in [5.74, 6) is -0.340. The van der Waals surface area contributed by atoms with E-state index < -0.39 is 0 Å². The van der Waals surface area contributed by atoms with Crippen LogP contribution in [0, 0.1) is 0 Å². The summed E-state index contributed by atoms with van der Waals surface area (Å²) in [7, 11) is 0. The second kappa shape index (κ2) is 8.39. The molecule has 3 N–H and O–H groups in total. The summed E-state index contributed by atoms with van der Waals surface area (Å²) < 4.78 is 1.67. The maximum Gasteiger partial charge on any atom is 0.277 e. The first-order chi connectivity index (χ1) is 14.2. The van der Waals surface area contributed by atoms with E-state index >= 15 is 0 Å². The first kappa shape index (κ1) is 18.4. The fourth-order valence-corrected chi connectivity index (χ4v) is 3.06. The Labute approximate surface area is 169 Å². The molecule has 4 rings (SSSR count). The number of carbonyl (C=O) groups is 1. The lowest BCUT2D eigenvalue weighted by Gasteiger charge is -2.09. The highest BCUT2D eigenvalue weighted by molar-refractivity contribution is 6.04. The monoisotopic (exact) mass is 383 g/mol. The lowest BCUT2D eigenvalue weighted by atomic mass is 10.0. The van der Waals surface area contributed by atoms with Gasteiger partial charge in [-0.25, -0.2) is 0 Å². The number of anilines is 2. The predicted molar refractivity (Wildman–Crippen MR) is 114 cm³/mol. The average molecular weight is 383 g/mol. The first-order valence-electron chi connectivity index (χ1n) is 9.39. The molecule has 1 amide bonds. The molecule has 6 nitrogen and oxygen atoms in total. The molecule has 0 bridgehead atoms. The van der Waals surface area contributed by atoms with E-state index in [4.69, 9.17) is 5.73 Å². The zero-order valence-electron chi connectivity index (χ0n) is 15.8. The second-order valence-electron chi connectivity index (χ2n) is 6.72. The lowest BCUT2D eigenvalue weighted by molar-refractivity contribution is 0.102. The number of nitrogen functional groups attached to an aromatic ring is 1. The van der Waals surface area contributed by atoms with Crippen molar-refractivity contribution in [2.24, 2.45) is 0 Å². The van der Waals surface area contributed by atoms with Gasteiger partial charge < -0.3 is 11.1 Å². The van der Waals surface area contributed by atoms with Crippen molar-refractivity contribution in [3.63, 3.8) is 0 Å². The molecule has 4 aromatic rings. The maximum atomic E-state index is 12.6. The van der Waals surface area contributed by atoms with Gasteiger partial charge in [-0.15, -0.1) is 5.10 Å². The molecule has 0 unspecified atom stereocenters. The van der Waals surface area contributed by atoms with Crippen LogP contribution < -0.4 is 11.1 Å². The van der Waals surface area contributed by atoms with Gasteiger partial charge in [0.05, 0.1) is 17.6 Å². The number of benzene rings is 3. The number of hydrogen-bond acceptors (Lipinski definition) is 4. The zero-order valence-corrected chi connectivity index (χ0v) is 15.8. The highest BCUT2D eigenvalue weighted by Gasteiger charge is 2.13. The van der Waals surface area contributed by atoms with Gasteiger partial charge >= 0.3 is 0 Å². The summed E-state index contributed by atoms with van der Waals surface area (Å²) >= 11 is 0. The molecule has 0 atom stereocenters. The Morgan fingerprint density at radius 2 is 1.66 bits per heavy atom. The fraction of sp³-hybridized carbons (Fsp3) is 0.0870. The van der Waals surface area contributed by atoms with Crippen molar-refractivity contribution < 1.29 is 4.79 Å². The molecule has 144 valence electrons. The molecule has 0 radical (unpaired) electrons.